The van der Waals surface area contributed by atoms with Gasteiger partial charge in [-0.05, 0) is 38.8 Å². The maximum Gasteiger partial charge on any atom is 0.122 e. The normalized spacial score (nSPS) is 24.9. The standard InChI is InChI=1S/C15H26N2O2/c1-4-13(16)15(14-7-6-11(2)19-14)17-8-5-9-18-12(3)10-17/h6-7,12-13,15H,4-5,8-10,16H2,1-3H3. The van der Waals surface area contributed by atoms with Crippen LogP contribution in [0, 0.1) is 6.92 Å². The van der Waals surface area contributed by atoms with Crippen molar-refractivity contribution in [2.24, 2.45) is 5.73 Å². The van der Waals surface area contributed by atoms with Crippen LogP contribution in [0.25, 0.3) is 0 Å². The summed E-state index contributed by atoms with van der Waals surface area (Å²) in [5.74, 6) is 1.93. The molecule has 0 spiro atoms. The van der Waals surface area contributed by atoms with E-state index in [2.05, 4.69) is 24.8 Å². The minimum Gasteiger partial charge on any atom is -0.465 e. The van der Waals surface area contributed by atoms with Gasteiger partial charge in [-0.2, -0.15) is 0 Å². The molecule has 0 bridgehead atoms. The molecule has 3 unspecified atom stereocenters. The second-order valence-corrected chi connectivity index (χ2v) is 5.50. The first-order valence-electron chi connectivity index (χ1n) is 7.29. The molecule has 2 heterocycles. The van der Waals surface area contributed by atoms with E-state index in [1.807, 2.05) is 13.0 Å². The van der Waals surface area contributed by atoms with E-state index in [1.54, 1.807) is 0 Å². The number of rotatable bonds is 4. The van der Waals surface area contributed by atoms with Gasteiger partial charge in [-0.25, -0.2) is 0 Å². The molecule has 4 heteroatoms. The molecular formula is C15H26N2O2. The Labute approximate surface area is 115 Å². The largest absolute Gasteiger partial charge is 0.465 e. The highest BCUT2D eigenvalue weighted by Crippen LogP contribution is 2.28. The van der Waals surface area contributed by atoms with Gasteiger partial charge in [0.1, 0.15) is 11.5 Å². The van der Waals surface area contributed by atoms with Crippen molar-refractivity contribution in [3.63, 3.8) is 0 Å². The van der Waals surface area contributed by atoms with E-state index >= 15 is 0 Å². The number of nitrogens with two attached hydrogens (primary N) is 1. The average Bonchev–Trinajstić information content (AvgIpc) is 2.68. The SMILES string of the molecule is CCC(N)C(c1ccc(C)o1)N1CCCOC(C)C1. The van der Waals surface area contributed by atoms with Crippen molar-refractivity contribution >= 4 is 0 Å². The van der Waals surface area contributed by atoms with E-state index in [-0.39, 0.29) is 18.2 Å². The van der Waals surface area contributed by atoms with Gasteiger partial charge in [-0.3, -0.25) is 4.90 Å². The summed E-state index contributed by atoms with van der Waals surface area (Å²) in [7, 11) is 0. The number of ether oxygens (including phenoxy) is 1. The first-order chi connectivity index (χ1) is 9.11. The number of nitrogens with zero attached hydrogens (tertiary/aromatic N) is 1. The molecule has 1 aromatic rings. The van der Waals surface area contributed by atoms with Crippen LogP contribution in [0.1, 0.15) is 44.3 Å². The highest BCUT2D eigenvalue weighted by molar-refractivity contribution is 5.12. The van der Waals surface area contributed by atoms with Crippen LogP contribution in [0.5, 0.6) is 0 Å². The lowest BCUT2D eigenvalue weighted by molar-refractivity contribution is 0.0545. The topological polar surface area (TPSA) is 51.6 Å². The first-order valence-corrected chi connectivity index (χ1v) is 7.29. The van der Waals surface area contributed by atoms with Crippen LogP contribution in [-0.4, -0.2) is 36.7 Å². The molecule has 2 rings (SSSR count). The van der Waals surface area contributed by atoms with Crippen LogP contribution in [0.2, 0.25) is 0 Å². The van der Waals surface area contributed by atoms with Gasteiger partial charge in [-0.1, -0.05) is 6.92 Å². The Morgan fingerprint density at radius 1 is 1.47 bits per heavy atom. The molecule has 108 valence electrons. The molecule has 2 N–H and O–H groups in total. The highest BCUT2D eigenvalue weighted by atomic mass is 16.5. The molecule has 1 fully saturated rings. The summed E-state index contributed by atoms with van der Waals surface area (Å²) in [6.45, 7) is 9.00. The van der Waals surface area contributed by atoms with Crippen LogP contribution in [-0.2, 0) is 4.74 Å². The first kappa shape index (κ1) is 14.6. The van der Waals surface area contributed by atoms with E-state index in [0.717, 1.165) is 44.1 Å². The van der Waals surface area contributed by atoms with Gasteiger partial charge in [0.05, 0.1) is 12.1 Å². The molecule has 4 nitrogen and oxygen atoms in total. The lowest BCUT2D eigenvalue weighted by Crippen LogP contribution is -2.43. The second-order valence-electron chi connectivity index (χ2n) is 5.50. The summed E-state index contributed by atoms with van der Waals surface area (Å²) < 4.78 is 11.6. The zero-order chi connectivity index (χ0) is 13.8. The molecule has 1 aliphatic heterocycles. The number of furan rings is 1. The van der Waals surface area contributed by atoms with E-state index in [4.69, 9.17) is 14.9 Å². The number of hydrogen-bond acceptors (Lipinski definition) is 4. The zero-order valence-corrected chi connectivity index (χ0v) is 12.3. The van der Waals surface area contributed by atoms with Gasteiger partial charge in [0, 0.05) is 25.7 Å². The summed E-state index contributed by atoms with van der Waals surface area (Å²) in [6, 6.07) is 4.33. The smallest absolute Gasteiger partial charge is 0.122 e. The van der Waals surface area contributed by atoms with Crippen molar-refractivity contribution < 1.29 is 9.15 Å². The Kier molecular flexibility index (Phi) is 5.02. The van der Waals surface area contributed by atoms with Crippen molar-refractivity contribution in [2.75, 3.05) is 19.7 Å². The molecule has 0 aliphatic carbocycles. The van der Waals surface area contributed by atoms with E-state index < -0.39 is 0 Å². The molecule has 19 heavy (non-hydrogen) atoms. The highest BCUT2D eigenvalue weighted by Gasteiger charge is 2.30. The maximum atomic E-state index is 6.34. The predicted molar refractivity (Wildman–Crippen MR) is 76.1 cm³/mol. The van der Waals surface area contributed by atoms with Crippen molar-refractivity contribution in [3.8, 4) is 0 Å². The van der Waals surface area contributed by atoms with Crippen molar-refractivity contribution in [2.45, 2.75) is 51.8 Å². The van der Waals surface area contributed by atoms with Gasteiger partial charge in [-0.15, -0.1) is 0 Å². The van der Waals surface area contributed by atoms with E-state index in [1.165, 1.54) is 0 Å². The lowest BCUT2D eigenvalue weighted by Gasteiger charge is -2.33. The Hall–Kier alpha value is -0.840. The average molecular weight is 266 g/mol. The number of aryl methyl sites for hydroxylation is 1. The van der Waals surface area contributed by atoms with Crippen molar-refractivity contribution in [1.29, 1.82) is 0 Å². The van der Waals surface area contributed by atoms with Crippen LogP contribution in [0.3, 0.4) is 0 Å². The van der Waals surface area contributed by atoms with E-state index in [9.17, 15) is 0 Å². The molecule has 1 aromatic heterocycles. The second kappa shape index (κ2) is 6.55. The zero-order valence-electron chi connectivity index (χ0n) is 12.3. The third kappa shape index (κ3) is 3.59. The van der Waals surface area contributed by atoms with Crippen LogP contribution in [0.15, 0.2) is 16.5 Å². The minimum absolute atomic E-state index is 0.0934. The summed E-state index contributed by atoms with van der Waals surface area (Å²) >= 11 is 0. The van der Waals surface area contributed by atoms with Gasteiger partial charge in [0.2, 0.25) is 0 Å². The minimum atomic E-state index is 0.0934. The molecular weight excluding hydrogens is 240 g/mol. The fourth-order valence-corrected chi connectivity index (χ4v) is 2.78. The molecule has 0 amide bonds. The van der Waals surface area contributed by atoms with Crippen molar-refractivity contribution in [3.05, 3.63) is 23.7 Å². The van der Waals surface area contributed by atoms with E-state index in [0.29, 0.717) is 0 Å². The van der Waals surface area contributed by atoms with Crippen LogP contribution < -0.4 is 5.73 Å². The summed E-state index contributed by atoms with van der Waals surface area (Å²) in [6.07, 6.45) is 2.25. The molecule has 0 saturated carbocycles. The van der Waals surface area contributed by atoms with Gasteiger partial charge in [0.15, 0.2) is 0 Å². The Bertz CT molecular complexity index is 391. The lowest BCUT2D eigenvalue weighted by atomic mass is 10.0. The van der Waals surface area contributed by atoms with Crippen LogP contribution in [0.4, 0.5) is 0 Å². The van der Waals surface area contributed by atoms with Gasteiger partial charge < -0.3 is 14.9 Å². The fourth-order valence-electron chi connectivity index (χ4n) is 2.78. The van der Waals surface area contributed by atoms with Gasteiger partial charge >= 0.3 is 0 Å². The predicted octanol–water partition coefficient (Wildman–Crippen LogP) is 2.48. The Balaban J connectivity index is 2.21. The summed E-state index contributed by atoms with van der Waals surface area (Å²) in [5, 5.41) is 0. The summed E-state index contributed by atoms with van der Waals surface area (Å²) in [5.41, 5.74) is 6.34. The Morgan fingerprint density at radius 2 is 2.26 bits per heavy atom. The molecule has 3 atom stereocenters. The molecule has 0 radical (unpaired) electrons. The Morgan fingerprint density at radius 3 is 2.89 bits per heavy atom. The van der Waals surface area contributed by atoms with Crippen molar-refractivity contribution in [1.82, 2.24) is 4.90 Å². The fraction of sp³-hybridized carbons (Fsp3) is 0.733. The quantitative estimate of drug-likeness (QED) is 0.909. The third-order valence-electron chi connectivity index (χ3n) is 3.81. The maximum absolute atomic E-state index is 6.34. The van der Waals surface area contributed by atoms with Gasteiger partial charge in [0.25, 0.3) is 0 Å². The summed E-state index contributed by atoms with van der Waals surface area (Å²) in [4.78, 5) is 2.42. The molecule has 0 aromatic carbocycles. The monoisotopic (exact) mass is 266 g/mol. The van der Waals surface area contributed by atoms with Crippen LogP contribution >= 0.6 is 0 Å². The molecule has 1 saturated heterocycles. The third-order valence-corrected chi connectivity index (χ3v) is 3.81. The number of hydrogen-bond donors (Lipinski definition) is 1. The molecule has 1 aliphatic rings.